The minimum atomic E-state index is 0.128. The Morgan fingerprint density at radius 3 is 2.12 bits per heavy atom. The molecule has 2 aromatic heterocycles. The zero-order chi connectivity index (χ0) is 23.0. The molecule has 0 amide bonds. The Kier molecular flexibility index (Phi) is 3.85. The fourth-order valence-corrected chi connectivity index (χ4v) is 5.50. The third-order valence-corrected chi connectivity index (χ3v) is 7.27. The van der Waals surface area contributed by atoms with E-state index in [4.69, 9.17) is 0 Å². The Bertz CT molecular complexity index is 1870. The zero-order valence-corrected chi connectivity index (χ0v) is 19.7. The third-order valence-electron chi connectivity index (χ3n) is 7.27. The molecule has 0 saturated heterocycles. The maximum absolute atomic E-state index is 3.65. The van der Waals surface area contributed by atoms with E-state index in [9.17, 15) is 0 Å². The largest absolute Gasteiger partial charge is 0.354 e. The minimum Gasteiger partial charge on any atom is -0.354 e. The van der Waals surface area contributed by atoms with E-state index in [0.29, 0.717) is 0 Å². The van der Waals surface area contributed by atoms with Crippen LogP contribution < -0.4 is 0 Å². The number of nitrogens with one attached hydrogen (secondary N) is 1. The van der Waals surface area contributed by atoms with Crippen LogP contribution in [0.4, 0.5) is 0 Å². The van der Waals surface area contributed by atoms with Gasteiger partial charge in [-0.2, -0.15) is 0 Å². The molecule has 2 heteroatoms. The highest BCUT2D eigenvalue weighted by atomic mass is 15.0. The summed E-state index contributed by atoms with van der Waals surface area (Å²) in [5, 5.41) is 7.68. The van der Waals surface area contributed by atoms with E-state index < -0.39 is 0 Å². The van der Waals surface area contributed by atoms with E-state index in [1.807, 2.05) is 0 Å². The van der Waals surface area contributed by atoms with Crippen molar-refractivity contribution in [3.8, 4) is 5.69 Å². The Balaban J connectivity index is 1.65. The molecule has 34 heavy (non-hydrogen) atoms. The van der Waals surface area contributed by atoms with Crippen LogP contribution in [0, 0.1) is 0 Å². The topological polar surface area (TPSA) is 20.7 Å². The molecule has 0 aliphatic rings. The molecule has 2 heterocycles. The Morgan fingerprint density at radius 1 is 0.588 bits per heavy atom. The van der Waals surface area contributed by atoms with Crippen molar-refractivity contribution in [3.05, 3.63) is 103 Å². The van der Waals surface area contributed by atoms with Gasteiger partial charge in [-0.1, -0.05) is 87.5 Å². The molecule has 7 aromatic rings. The number of hydrogen-bond acceptors (Lipinski definition) is 0. The van der Waals surface area contributed by atoms with Gasteiger partial charge < -0.3 is 9.55 Å². The molecule has 164 valence electrons. The van der Waals surface area contributed by atoms with E-state index in [1.165, 1.54) is 65.6 Å². The van der Waals surface area contributed by atoms with Crippen LogP contribution in [0.15, 0.2) is 97.1 Å². The van der Waals surface area contributed by atoms with Crippen LogP contribution in [0.3, 0.4) is 0 Å². The number of H-pyrrole nitrogens is 1. The Hall–Kier alpha value is -4.04. The van der Waals surface area contributed by atoms with Crippen LogP contribution in [0.2, 0.25) is 0 Å². The normalized spacial score (nSPS) is 12.6. The molecule has 7 rings (SSSR count). The van der Waals surface area contributed by atoms with Gasteiger partial charge in [0.25, 0.3) is 0 Å². The van der Waals surface area contributed by atoms with Crippen LogP contribution in [-0.2, 0) is 5.41 Å². The molecule has 1 N–H and O–H groups in total. The number of rotatable bonds is 1. The lowest BCUT2D eigenvalue weighted by Gasteiger charge is -2.19. The highest BCUT2D eigenvalue weighted by Crippen LogP contribution is 2.40. The second-order valence-corrected chi connectivity index (χ2v) is 10.4. The van der Waals surface area contributed by atoms with Gasteiger partial charge in [-0.05, 0) is 46.7 Å². The van der Waals surface area contributed by atoms with Crippen LogP contribution in [0.5, 0.6) is 0 Å². The smallest absolute Gasteiger partial charge is 0.0619 e. The van der Waals surface area contributed by atoms with Gasteiger partial charge in [0.2, 0.25) is 0 Å². The first-order chi connectivity index (χ1) is 16.5. The molecular formula is C32H26N2. The molecule has 0 fully saturated rings. The van der Waals surface area contributed by atoms with E-state index >= 15 is 0 Å². The summed E-state index contributed by atoms with van der Waals surface area (Å²) in [5.74, 6) is 0. The SMILES string of the molecule is CC(C)(C)c1ccc(-n2c3cc4[nH]c5ccccc5c4cc3c3ccc4ccccc4c32)cc1. The first kappa shape index (κ1) is 19.4. The summed E-state index contributed by atoms with van der Waals surface area (Å²) in [6.07, 6.45) is 0. The number of benzene rings is 5. The van der Waals surface area contributed by atoms with E-state index in [-0.39, 0.29) is 5.41 Å². The number of aromatic amines is 1. The number of para-hydroxylation sites is 1. The fourth-order valence-electron chi connectivity index (χ4n) is 5.50. The van der Waals surface area contributed by atoms with Gasteiger partial charge in [0.05, 0.1) is 11.0 Å². The predicted octanol–water partition coefficient (Wildman–Crippen LogP) is 8.87. The first-order valence-corrected chi connectivity index (χ1v) is 12.0. The van der Waals surface area contributed by atoms with Gasteiger partial charge in [0.1, 0.15) is 0 Å². The van der Waals surface area contributed by atoms with Gasteiger partial charge in [-0.3, -0.25) is 0 Å². The van der Waals surface area contributed by atoms with Gasteiger partial charge >= 0.3 is 0 Å². The molecule has 0 saturated carbocycles. The lowest BCUT2D eigenvalue weighted by molar-refractivity contribution is 0.590. The average molecular weight is 439 g/mol. The number of fused-ring (bicyclic) bond motifs is 8. The average Bonchev–Trinajstić information content (AvgIpc) is 3.37. The van der Waals surface area contributed by atoms with Crippen molar-refractivity contribution in [2.45, 2.75) is 26.2 Å². The summed E-state index contributed by atoms with van der Waals surface area (Å²) >= 11 is 0. The van der Waals surface area contributed by atoms with Crippen LogP contribution in [0.25, 0.3) is 60.1 Å². The molecule has 0 unspecified atom stereocenters. The quantitative estimate of drug-likeness (QED) is 0.264. The van der Waals surface area contributed by atoms with Gasteiger partial charge in [-0.25, -0.2) is 0 Å². The zero-order valence-electron chi connectivity index (χ0n) is 19.7. The molecule has 0 radical (unpaired) electrons. The first-order valence-electron chi connectivity index (χ1n) is 12.0. The van der Waals surface area contributed by atoms with Crippen molar-refractivity contribution in [1.82, 2.24) is 9.55 Å². The standard InChI is InChI=1S/C32H26N2/c1-32(2,3)21-13-15-22(16-14-21)34-30-19-29-26(24-10-6-7-11-28(24)33-29)18-27(30)25-17-12-20-8-4-5-9-23(20)31(25)34/h4-19,33H,1-3H3. The molecule has 2 nitrogen and oxygen atoms in total. The summed E-state index contributed by atoms with van der Waals surface area (Å²) in [4.78, 5) is 3.65. The van der Waals surface area contributed by atoms with Crippen LogP contribution >= 0.6 is 0 Å². The highest BCUT2D eigenvalue weighted by Gasteiger charge is 2.18. The molecule has 0 aliphatic carbocycles. The lowest BCUT2D eigenvalue weighted by atomic mass is 9.87. The lowest BCUT2D eigenvalue weighted by Crippen LogP contribution is -2.10. The van der Waals surface area contributed by atoms with Crippen molar-refractivity contribution in [1.29, 1.82) is 0 Å². The monoisotopic (exact) mass is 438 g/mol. The number of aromatic nitrogens is 2. The van der Waals surface area contributed by atoms with Gasteiger partial charge in [0, 0.05) is 43.7 Å². The van der Waals surface area contributed by atoms with Crippen molar-refractivity contribution >= 4 is 54.4 Å². The molecule has 0 aliphatic heterocycles. The predicted molar refractivity (Wildman–Crippen MR) is 146 cm³/mol. The van der Waals surface area contributed by atoms with Crippen molar-refractivity contribution in [2.24, 2.45) is 0 Å². The fraction of sp³-hybridized carbons (Fsp3) is 0.125. The maximum atomic E-state index is 3.65. The van der Waals surface area contributed by atoms with E-state index in [2.05, 4.69) is 127 Å². The molecule has 0 atom stereocenters. The van der Waals surface area contributed by atoms with E-state index in [1.54, 1.807) is 0 Å². The minimum absolute atomic E-state index is 0.128. The molecular weight excluding hydrogens is 412 g/mol. The summed E-state index contributed by atoms with van der Waals surface area (Å²) in [6, 6.07) is 35.6. The van der Waals surface area contributed by atoms with Gasteiger partial charge in [-0.15, -0.1) is 0 Å². The Labute approximate surface area is 198 Å². The van der Waals surface area contributed by atoms with Crippen molar-refractivity contribution in [2.75, 3.05) is 0 Å². The van der Waals surface area contributed by atoms with Crippen LogP contribution in [0.1, 0.15) is 26.3 Å². The summed E-state index contributed by atoms with van der Waals surface area (Å²) in [5.41, 5.74) is 7.53. The summed E-state index contributed by atoms with van der Waals surface area (Å²) in [7, 11) is 0. The molecule has 5 aromatic carbocycles. The third kappa shape index (κ3) is 2.69. The highest BCUT2D eigenvalue weighted by molar-refractivity contribution is 6.22. The van der Waals surface area contributed by atoms with E-state index in [0.717, 1.165) is 0 Å². The Morgan fingerprint density at radius 2 is 1.32 bits per heavy atom. The second kappa shape index (κ2) is 6.74. The van der Waals surface area contributed by atoms with Gasteiger partial charge in [0.15, 0.2) is 0 Å². The summed E-state index contributed by atoms with van der Waals surface area (Å²) < 4.78 is 2.45. The number of hydrogen-bond donors (Lipinski definition) is 1. The number of nitrogens with zero attached hydrogens (tertiary/aromatic N) is 1. The maximum Gasteiger partial charge on any atom is 0.0619 e. The van der Waals surface area contributed by atoms with Crippen molar-refractivity contribution < 1.29 is 0 Å². The molecule has 0 bridgehead atoms. The van der Waals surface area contributed by atoms with Crippen LogP contribution in [-0.4, -0.2) is 9.55 Å². The van der Waals surface area contributed by atoms with Crippen molar-refractivity contribution in [3.63, 3.8) is 0 Å². The summed E-state index contributed by atoms with van der Waals surface area (Å²) in [6.45, 7) is 6.80. The second-order valence-electron chi connectivity index (χ2n) is 10.4. The molecule has 0 spiro atoms.